The molecule has 0 spiro atoms. The third kappa shape index (κ3) is 4.92. The highest BCUT2D eigenvalue weighted by Crippen LogP contribution is 2.21. The van der Waals surface area contributed by atoms with Crippen molar-refractivity contribution < 1.29 is 9.53 Å². The number of benzene rings is 2. The number of aliphatic imine (C=N–C) groups is 1. The minimum absolute atomic E-state index is 0.395. The third-order valence-corrected chi connectivity index (χ3v) is 4.15. The Hall–Kier alpha value is -3.73. The van der Waals surface area contributed by atoms with Crippen LogP contribution in [-0.2, 0) is 11.3 Å². The molecule has 3 rings (SSSR count). The summed E-state index contributed by atoms with van der Waals surface area (Å²) in [5.41, 5.74) is 11.2. The van der Waals surface area contributed by atoms with Crippen molar-refractivity contribution in [3.05, 3.63) is 95.8 Å². The van der Waals surface area contributed by atoms with Gasteiger partial charge >= 0.3 is 5.97 Å². The van der Waals surface area contributed by atoms with Crippen molar-refractivity contribution in [1.29, 1.82) is 0 Å². The van der Waals surface area contributed by atoms with Crippen molar-refractivity contribution in [3.63, 3.8) is 0 Å². The number of carbonyl (C=O) groups is 1. The number of hydrogen-bond acceptors (Lipinski definition) is 5. The van der Waals surface area contributed by atoms with Gasteiger partial charge in [0.05, 0.1) is 19.2 Å². The molecule has 0 amide bonds. The third-order valence-electron chi connectivity index (χ3n) is 4.15. The highest BCUT2D eigenvalue weighted by Gasteiger charge is 2.06. The van der Waals surface area contributed by atoms with Gasteiger partial charge in [0.25, 0.3) is 0 Å². The fourth-order valence-electron chi connectivity index (χ4n) is 2.70. The van der Waals surface area contributed by atoms with Gasteiger partial charge in [-0.2, -0.15) is 0 Å². The van der Waals surface area contributed by atoms with Crippen molar-refractivity contribution >= 4 is 17.9 Å². The lowest BCUT2D eigenvalue weighted by Gasteiger charge is -2.05. The Morgan fingerprint density at radius 2 is 1.82 bits per heavy atom. The zero-order valence-electron chi connectivity index (χ0n) is 15.6. The molecule has 5 nitrogen and oxygen atoms in total. The molecule has 1 heterocycles. The molecule has 0 aliphatic carbocycles. The first-order chi connectivity index (χ1) is 13.7. The largest absolute Gasteiger partial charge is 0.465 e. The number of carbonyl (C=O) groups excluding carboxylic acids is 1. The lowest BCUT2D eigenvalue weighted by Crippen LogP contribution is -2.02. The predicted molar refractivity (Wildman–Crippen MR) is 112 cm³/mol. The minimum Gasteiger partial charge on any atom is -0.465 e. The molecule has 28 heavy (non-hydrogen) atoms. The van der Waals surface area contributed by atoms with Crippen molar-refractivity contribution in [2.45, 2.75) is 6.54 Å². The molecular weight excluding hydrogens is 350 g/mol. The molecule has 0 aliphatic rings. The molecule has 0 fully saturated rings. The maximum Gasteiger partial charge on any atom is 0.339 e. The number of nitrogens with zero attached hydrogens (tertiary/aromatic N) is 2. The van der Waals surface area contributed by atoms with Gasteiger partial charge in [-0.3, -0.25) is 9.98 Å². The van der Waals surface area contributed by atoms with Gasteiger partial charge in [0.15, 0.2) is 0 Å². The van der Waals surface area contributed by atoms with Gasteiger partial charge in [-0.25, -0.2) is 4.79 Å². The molecular formula is C23H21N3O2. The van der Waals surface area contributed by atoms with Crippen molar-refractivity contribution in [2.75, 3.05) is 7.11 Å². The lowest BCUT2D eigenvalue weighted by atomic mass is 10.0. The molecule has 0 radical (unpaired) electrons. The minimum atomic E-state index is -0.416. The van der Waals surface area contributed by atoms with Gasteiger partial charge < -0.3 is 10.5 Å². The number of allylic oxidation sites excluding steroid dienone is 1. The summed E-state index contributed by atoms with van der Waals surface area (Å²) in [6.07, 6.45) is 6.56. The molecule has 0 aliphatic heterocycles. The van der Waals surface area contributed by atoms with Crippen molar-refractivity contribution in [1.82, 2.24) is 4.98 Å². The van der Waals surface area contributed by atoms with E-state index in [2.05, 4.69) is 34.2 Å². The van der Waals surface area contributed by atoms with Crippen molar-refractivity contribution in [3.8, 4) is 11.1 Å². The quantitative estimate of drug-likeness (QED) is 0.523. The van der Waals surface area contributed by atoms with E-state index in [1.807, 2.05) is 30.3 Å². The van der Waals surface area contributed by atoms with Crippen LogP contribution in [0.5, 0.6) is 0 Å². The average Bonchev–Trinajstić information content (AvgIpc) is 2.77. The maximum atomic E-state index is 11.5. The highest BCUT2D eigenvalue weighted by molar-refractivity contribution is 5.89. The number of methoxy groups -OCH3 is 1. The van der Waals surface area contributed by atoms with E-state index >= 15 is 0 Å². The van der Waals surface area contributed by atoms with E-state index < -0.39 is 5.97 Å². The van der Waals surface area contributed by atoms with E-state index in [-0.39, 0.29) is 0 Å². The number of esters is 1. The first-order valence-corrected chi connectivity index (χ1v) is 8.81. The van der Waals surface area contributed by atoms with Gasteiger partial charge in [0.1, 0.15) is 0 Å². The molecule has 0 saturated heterocycles. The first kappa shape index (κ1) is 19.0. The Morgan fingerprint density at radius 1 is 1.04 bits per heavy atom. The Labute approximate surface area is 164 Å². The van der Waals surface area contributed by atoms with Crippen LogP contribution in [0.25, 0.3) is 16.8 Å². The Bertz CT molecular complexity index is 1010. The fraction of sp³-hybridized carbons (Fsp3) is 0.0870. The van der Waals surface area contributed by atoms with Gasteiger partial charge in [-0.05, 0) is 40.5 Å². The Kier molecular flexibility index (Phi) is 6.31. The molecule has 2 N–H and O–H groups in total. The van der Waals surface area contributed by atoms with Gasteiger partial charge in [0.2, 0.25) is 0 Å². The average molecular weight is 371 g/mol. The normalized spacial score (nSPS) is 11.5. The molecule has 0 bridgehead atoms. The number of pyridine rings is 1. The number of rotatable bonds is 6. The summed E-state index contributed by atoms with van der Waals surface area (Å²) in [6, 6.07) is 19.9. The highest BCUT2D eigenvalue weighted by atomic mass is 16.5. The second kappa shape index (κ2) is 9.28. The maximum absolute atomic E-state index is 11.5. The molecule has 0 saturated carbocycles. The fourth-order valence-corrected chi connectivity index (χ4v) is 2.70. The summed E-state index contributed by atoms with van der Waals surface area (Å²) in [7, 11) is 1.34. The number of nitrogens with two attached hydrogens (primary N) is 1. The van der Waals surface area contributed by atoms with E-state index in [1.54, 1.807) is 24.6 Å². The zero-order chi connectivity index (χ0) is 19.8. The number of hydrogen-bond donors (Lipinski definition) is 1. The monoisotopic (exact) mass is 371 g/mol. The number of ether oxygens (including phenoxy) is 1. The SMILES string of the molecule is COC(=O)c1cncc(CN=CC=C(N)c2cccc(-c3ccccc3)c2)c1. The Morgan fingerprint density at radius 3 is 2.61 bits per heavy atom. The Balaban J connectivity index is 1.68. The van der Waals surface area contributed by atoms with E-state index in [4.69, 9.17) is 10.5 Å². The summed E-state index contributed by atoms with van der Waals surface area (Å²) in [6.45, 7) is 0.395. The van der Waals surface area contributed by atoms with Crippen LogP contribution in [0.4, 0.5) is 0 Å². The van der Waals surface area contributed by atoms with E-state index in [9.17, 15) is 4.79 Å². The summed E-state index contributed by atoms with van der Waals surface area (Å²) < 4.78 is 4.70. The molecule has 0 unspecified atom stereocenters. The van der Waals surface area contributed by atoms with Gasteiger partial charge in [-0.1, -0.05) is 48.5 Å². The van der Waals surface area contributed by atoms with Crippen LogP contribution < -0.4 is 5.73 Å². The van der Waals surface area contributed by atoms with Crippen LogP contribution in [0.2, 0.25) is 0 Å². The molecule has 2 aromatic carbocycles. The predicted octanol–water partition coefficient (Wildman–Crippen LogP) is 4.11. The van der Waals surface area contributed by atoms with E-state index in [0.717, 1.165) is 22.3 Å². The summed E-state index contributed by atoms with van der Waals surface area (Å²) in [5.74, 6) is -0.416. The van der Waals surface area contributed by atoms with E-state index in [0.29, 0.717) is 17.8 Å². The number of aromatic nitrogens is 1. The molecule has 0 atom stereocenters. The standard InChI is InChI=1S/C23H21N3O2/c1-28-23(27)21-12-17(15-26-16-21)14-25-11-10-22(24)20-9-5-8-19(13-20)18-6-3-2-4-7-18/h2-13,15-16H,14,24H2,1H3. The second-order valence-corrected chi connectivity index (χ2v) is 6.13. The molecule has 140 valence electrons. The summed E-state index contributed by atoms with van der Waals surface area (Å²) in [4.78, 5) is 19.9. The van der Waals surface area contributed by atoms with Crippen molar-refractivity contribution in [2.24, 2.45) is 10.7 Å². The molecule has 5 heteroatoms. The van der Waals surface area contributed by atoms with Crippen LogP contribution in [0.3, 0.4) is 0 Å². The lowest BCUT2D eigenvalue weighted by molar-refractivity contribution is 0.0600. The van der Waals surface area contributed by atoms with Crippen LogP contribution >= 0.6 is 0 Å². The van der Waals surface area contributed by atoms with Crippen LogP contribution in [0.1, 0.15) is 21.5 Å². The van der Waals surface area contributed by atoms with Crippen LogP contribution in [0, 0.1) is 0 Å². The molecule has 1 aromatic heterocycles. The zero-order valence-corrected chi connectivity index (χ0v) is 15.6. The van der Waals surface area contributed by atoms with Crippen LogP contribution in [0.15, 0.2) is 84.1 Å². The summed E-state index contributed by atoms with van der Waals surface area (Å²) in [5, 5.41) is 0. The van der Waals surface area contributed by atoms with E-state index in [1.165, 1.54) is 13.3 Å². The van der Waals surface area contributed by atoms with Gasteiger partial charge in [-0.15, -0.1) is 0 Å². The van der Waals surface area contributed by atoms with Crippen LogP contribution in [-0.4, -0.2) is 24.3 Å². The second-order valence-electron chi connectivity index (χ2n) is 6.13. The summed E-state index contributed by atoms with van der Waals surface area (Å²) >= 11 is 0. The van der Waals surface area contributed by atoms with Gasteiger partial charge in [0, 0.05) is 24.3 Å². The smallest absolute Gasteiger partial charge is 0.339 e. The molecule has 3 aromatic rings. The topological polar surface area (TPSA) is 77.6 Å². The first-order valence-electron chi connectivity index (χ1n) is 8.81.